The minimum atomic E-state index is -0.162. The summed E-state index contributed by atoms with van der Waals surface area (Å²) in [5, 5.41) is 5.98. The minimum absolute atomic E-state index is 0. The second-order valence-electron chi connectivity index (χ2n) is 4.18. The molecule has 1 aliphatic carbocycles. The number of hydrogen-bond acceptors (Lipinski definition) is 4. The van der Waals surface area contributed by atoms with E-state index in [-0.39, 0.29) is 18.3 Å². The summed E-state index contributed by atoms with van der Waals surface area (Å²) in [5.74, 6) is 1.55. The number of carbonyl (C=O) groups excluding carboxylic acids is 1. The number of nitrogens with one attached hydrogen (secondary N) is 2. The van der Waals surface area contributed by atoms with E-state index in [9.17, 15) is 4.79 Å². The number of oxazole rings is 1. The van der Waals surface area contributed by atoms with Gasteiger partial charge in [-0.05, 0) is 18.9 Å². The molecule has 0 aromatic carbocycles. The molecule has 3 heterocycles. The number of hydrogen-bond donors (Lipinski definition) is 2. The molecular formula is C10H14ClN3O2. The second kappa shape index (κ2) is 4.07. The summed E-state index contributed by atoms with van der Waals surface area (Å²) in [7, 11) is 1.61. The van der Waals surface area contributed by atoms with E-state index in [2.05, 4.69) is 15.6 Å². The van der Waals surface area contributed by atoms with Crippen LogP contribution in [0, 0.1) is 5.92 Å². The van der Waals surface area contributed by atoms with Gasteiger partial charge < -0.3 is 15.1 Å². The lowest BCUT2D eigenvalue weighted by Gasteiger charge is -2.32. The van der Waals surface area contributed by atoms with Crippen molar-refractivity contribution in [3.05, 3.63) is 17.8 Å². The second-order valence-corrected chi connectivity index (χ2v) is 4.18. The molecule has 5 nitrogen and oxygen atoms in total. The number of aromatic nitrogens is 1. The Balaban J connectivity index is 0.000000963. The van der Waals surface area contributed by atoms with Crippen LogP contribution >= 0.6 is 12.4 Å². The van der Waals surface area contributed by atoms with E-state index in [0.717, 1.165) is 12.3 Å². The standard InChI is InChI=1S/C10H13N3O2.ClH/c1-11-10(14)8-9(15-4-13-8)7-5-2-6(7)12-3-5;/h4-7,12H,2-3H2,1H3,(H,11,14);1H. The molecule has 2 N–H and O–H groups in total. The van der Waals surface area contributed by atoms with Crippen molar-refractivity contribution in [1.82, 2.24) is 15.6 Å². The highest BCUT2D eigenvalue weighted by Gasteiger charge is 2.50. The van der Waals surface area contributed by atoms with E-state index >= 15 is 0 Å². The average molecular weight is 244 g/mol. The highest BCUT2D eigenvalue weighted by atomic mass is 35.5. The van der Waals surface area contributed by atoms with E-state index in [1.54, 1.807) is 7.05 Å². The number of rotatable bonds is 2. The fourth-order valence-corrected chi connectivity index (χ4v) is 2.65. The summed E-state index contributed by atoms with van der Waals surface area (Å²) in [6, 6.07) is 0.478. The lowest BCUT2D eigenvalue weighted by Crippen LogP contribution is -2.36. The normalized spacial score (nSPS) is 30.4. The Kier molecular flexibility index (Phi) is 2.90. The Morgan fingerprint density at radius 1 is 1.69 bits per heavy atom. The molecule has 6 heteroatoms. The van der Waals surface area contributed by atoms with Crippen molar-refractivity contribution in [1.29, 1.82) is 0 Å². The van der Waals surface area contributed by atoms with Crippen LogP contribution in [0.2, 0.25) is 0 Å². The zero-order valence-electron chi connectivity index (χ0n) is 8.90. The Morgan fingerprint density at radius 3 is 3.06 bits per heavy atom. The molecule has 16 heavy (non-hydrogen) atoms. The van der Waals surface area contributed by atoms with Crippen LogP contribution in [0.15, 0.2) is 10.8 Å². The maximum atomic E-state index is 11.5. The summed E-state index contributed by atoms with van der Waals surface area (Å²) in [6.45, 7) is 1.03. The van der Waals surface area contributed by atoms with E-state index in [1.807, 2.05) is 0 Å². The van der Waals surface area contributed by atoms with Crippen LogP contribution in [0.4, 0.5) is 0 Å². The maximum absolute atomic E-state index is 11.5. The van der Waals surface area contributed by atoms with Crippen molar-refractivity contribution in [3.63, 3.8) is 0 Å². The van der Waals surface area contributed by atoms with Gasteiger partial charge in [0.2, 0.25) is 0 Å². The van der Waals surface area contributed by atoms with Gasteiger partial charge in [0.15, 0.2) is 12.1 Å². The monoisotopic (exact) mass is 243 g/mol. The Labute approximate surface area is 99.4 Å². The van der Waals surface area contributed by atoms with Gasteiger partial charge in [0.1, 0.15) is 5.76 Å². The van der Waals surface area contributed by atoms with Gasteiger partial charge in [-0.3, -0.25) is 4.79 Å². The van der Waals surface area contributed by atoms with Crippen LogP contribution < -0.4 is 10.6 Å². The van der Waals surface area contributed by atoms with Crippen molar-refractivity contribution < 1.29 is 9.21 Å². The molecule has 2 aliphatic heterocycles. The van der Waals surface area contributed by atoms with Gasteiger partial charge in [-0.15, -0.1) is 12.4 Å². The van der Waals surface area contributed by atoms with E-state index in [1.165, 1.54) is 12.8 Å². The molecule has 0 spiro atoms. The predicted octanol–water partition coefficient (Wildman–Crippen LogP) is 0.531. The molecule has 3 aliphatic rings. The molecule has 88 valence electrons. The third-order valence-electron chi connectivity index (χ3n) is 3.48. The SMILES string of the molecule is CNC(=O)c1ncoc1C1C2CNC1C2.Cl. The fraction of sp³-hybridized carbons (Fsp3) is 0.600. The summed E-state index contributed by atoms with van der Waals surface area (Å²) in [6.07, 6.45) is 2.55. The minimum Gasteiger partial charge on any atom is -0.447 e. The smallest absolute Gasteiger partial charge is 0.273 e. The third-order valence-corrected chi connectivity index (χ3v) is 3.48. The number of fused-ring (bicyclic) bond motifs is 1. The summed E-state index contributed by atoms with van der Waals surface area (Å²) in [4.78, 5) is 15.5. The van der Waals surface area contributed by atoms with Gasteiger partial charge in [0.05, 0.1) is 0 Å². The molecule has 3 fully saturated rings. The van der Waals surface area contributed by atoms with Gasteiger partial charge in [-0.1, -0.05) is 0 Å². The highest BCUT2D eigenvalue weighted by molar-refractivity contribution is 5.93. The topological polar surface area (TPSA) is 67.2 Å². The molecular weight excluding hydrogens is 230 g/mol. The van der Waals surface area contributed by atoms with Gasteiger partial charge in [-0.2, -0.15) is 0 Å². The molecule has 4 rings (SSSR count). The maximum Gasteiger partial charge on any atom is 0.273 e. The molecule has 3 atom stereocenters. The number of nitrogens with zero attached hydrogens (tertiary/aromatic N) is 1. The van der Waals surface area contributed by atoms with Crippen LogP contribution in [0.5, 0.6) is 0 Å². The predicted molar refractivity (Wildman–Crippen MR) is 59.8 cm³/mol. The van der Waals surface area contributed by atoms with Crippen LogP contribution in [0.25, 0.3) is 0 Å². The summed E-state index contributed by atoms with van der Waals surface area (Å²) < 4.78 is 5.36. The zero-order valence-corrected chi connectivity index (χ0v) is 9.71. The van der Waals surface area contributed by atoms with E-state index in [0.29, 0.717) is 23.6 Å². The number of carbonyl (C=O) groups is 1. The number of amides is 1. The van der Waals surface area contributed by atoms with Crippen molar-refractivity contribution >= 4 is 18.3 Å². The van der Waals surface area contributed by atoms with Gasteiger partial charge in [0.25, 0.3) is 5.91 Å². The third kappa shape index (κ3) is 1.43. The molecule has 1 amide bonds. The van der Waals surface area contributed by atoms with Crippen LogP contribution in [-0.4, -0.2) is 30.5 Å². The lowest BCUT2D eigenvalue weighted by atomic mass is 9.72. The molecule has 2 saturated heterocycles. The van der Waals surface area contributed by atoms with Crippen LogP contribution in [0.3, 0.4) is 0 Å². The molecule has 1 aromatic heterocycles. The van der Waals surface area contributed by atoms with E-state index < -0.39 is 0 Å². The first kappa shape index (κ1) is 11.4. The largest absolute Gasteiger partial charge is 0.447 e. The molecule has 1 aromatic rings. The Hall–Kier alpha value is -1.07. The van der Waals surface area contributed by atoms with Crippen molar-refractivity contribution in [3.8, 4) is 0 Å². The fourth-order valence-electron chi connectivity index (χ4n) is 2.65. The quantitative estimate of drug-likeness (QED) is 0.795. The molecule has 1 saturated carbocycles. The Bertz CT molecular complexity index is 393. The lowest BCUT2D eigenvalue weighted by molar-refractivity contribution is 0.0954. The first-order valence-corrected chi connectivity index (χ1v) is 5.20. The average Bonchev–Trinajstić information content (AvgIpc) is 2.90. The van der Waals surface area contributed by atoms with E-state index in [4.69, 9.17) is 4.42 Å². The van der Waals surface area contributed by atoms with Gasteiger partial charge in [0, 0.05) is 19.0 Å². The summed E-state index contributed by atoms with van der Waals surface area (Å²) >= 11 is 0. The van der Waals surface area contributed by atoms with Gasteiger partial charge >= 0.3 is 0 Å². The van der Waals surface area contributed by atoms with Gasteiger partial charge in [-0.25, -0.2) is 4.98 Å². The highest BCUT2D eigenvalue weighted by Crippen LogP contribution is 2.47. The molecule has 0 radical (unpaired) electrons. The van der Waals surface area contributed by atoms with Crippen molar-refractivity contribution in [2.24, 2.45) is 5.92 Å². The first-order valence-electron chi connectivity index (χ1n) is 5.20. The van der Waals surface area contributed by atoms with Crippen molar-refractivity contribution in [2.75, 3.05) is 13.6 Å². The van der Waals surface area contributed by atoms with Crippen molar-refractivity contribution in [2.45, 2.75) is 18.4 Å². The summed E-state index contributed by atoms with van der Waals surface area (Å²) in [5.41, 5.74) is 0.445. The zero-order chi connectivity index (χ0) is 10.4. The Morgan fingerprint density at radius 2 is 2.50 bits per heavy atom. The molecule has 2 bridgehead atoms. The number of halogens is 1. The van der Waals surface area contributed by atoms with Crippen LogP contribution in [0.1, 0.15) is 28.6 Å². The molecule has 3 unspecified atom stereocenters. The first-order chi connectivity index (χ1) is 7.31. The van der Waals surface area contributed by atoms with Crippen LogP contribution in [-0.2, 0) is 0 Å².